The third kappa shape index (κ3) is 6.57. The Balaban J connectivity index is 2.09. The highest BCUT2D eigenvalue weighted by Crippen LogP contribution is 2.24. The first-order valence-corrected chi connectivity index (χ1v) is 10.3. The normalized spacial score (nSPS) is 23.6. The van der Waals surface area contributed by atoms with E-state index in [0.29, 0.717) is 5.75 Å². The number of sulfone groups is 1. The van der Waals surface area contributed by atoms with E-state index < -0.39 is 9.84 Å². The molecule has 1 fully saturated rings. The van der Waals surface area contributed by atoms with E-state index in [1.807, 2.05) is 0 Å². The van der Waals surface area contributed by atoms with E-state index in [1.54, 1.807) is 0 Å². The maximum absolute atomic E-state index is 12.0. The van der Waals surface area contributed by atoms with Crippen molar-refractivity contribution in [1.82, 2.24) is 0 Å². The van der Waals surface area contributed by atoms with Crippen molar-refractivity contribution >= 4 is 9.84 Å². The molecule has 2 N–H and O–H groups in total. The molecule has 0 aromatic carbocycles. The average Bonchev–Trinajstić information content (AvgIpc) is 2.41. The molecule has 20 heavy (non-hydrogen) atoms. The molecule has 2 unspecified atom stereocenters. The molecule has 0 aromatic rings. The monoisotopic (exact) mass is 303 g/mol. The van der Waals surface area contributed by atoms with E-state index in [-0.39, 0.29) is 11.3 Å². The second-order valence-electron chi connectivity index (χ2n) is 6.33. The summed E-state index contributed by atoms with van der Waals surface area (Å²) in [6.07, 6.45) is 13.7. The molecule has 4 heteroatoms. The van der Waals surface area contributed by atoms with Gasteiger partial charge in [0.15, 0.2) is 9.84 Å². The summed E-state index contributed by atoms with van der Waals surface area (Å²) in [6.45, 7) is 2.24. The minimum atomic E-state index is -2.91. The Morgan fingerprint density at radius 2 is 1.60 bits per heavy atom. The molecular formula is C16H33NO2S. The average molecular weight is 304 g/mol. The first kappa shape index (κ1) is 18.0. The fourth-order valence-electron chi connectivity index (χ4n) is 3.16. The van der Waals surface area contributed by atoms with E-state index in [9.17, 15) is 8.42 Å². The molecule has 0 bridgehead atoms. The van der Waals surface area contributed by atoms with Crippen LogP contribution in [-0.2, 0) is 9.84 Å². The topological polar surface area (TPSA) is 60.2 Å². The second kappa shape index (κ2) is 9.78. The Hall–Kier alpha value is -0.0900. The summed E-state index contributed by atoms with van der Waals surface area (Å²) in [5, 5.41) is -0.263. The fourth-order valence-corrected chi connectivity index (χ4v) is 5.26. The summed E-state index contributed by atoms with van der Waals surface area (Å²) in [4.78, 5) is 0. The number of nitrogens with two attached hydrogens (primary N) is 1. The highest BCUT2D eigenvalue weighted by Gasteiger charge is 2.33. The largest absolute Gasteiger partial charge is 0.327 e. The van der Waals surface area contributed by atoms with Crippen molar-refractivity contribution in [3.63, 3.8) is 0 Å². The van der Waals surface area contributed by atoms with Crippen molar-refractivity contribution in [2.45, 2.75) is 95.3 Å². The third-order valence-electron chi connectivity index (χ3n) is 4.50. The number of rotatable bonds is 10. The van der Waals surface area contributed by atoms with Crippen molar-refractivity contribution in [1.29, 1.82) is 0 Å². The Labute approximate surface area is 125 Å². The zero-order chi connectivity index (χ0) is 14.8. The molecule has 1 aliphatic rings. The lowest BCUT2D eigenvalue weighted by Crippen LogP contribution is -2.43. The molecule has 1 saturated heterocycles. The van der Waals surface area contributed by atoms with E-state index in [1.165, 1.54) is 44.9 Å². The van der Waals surface area contributed by atoms with Gasteiger partial charge in [0.25, 0.3) is 0 Å². The maximum Gasteiger partial charge on any atom is 0.154 e. The Kier molecular flexibility index (Phi) is 8.78. The first-order valence-electron chi connectivity index (χ1n) is 8.55. The van der Waals surface area contributed by atoms with Crippen LogP contribution in [-0.4, -0.2) is 25.5 Å². The zero-order valence-corrected chi connectivity index (χ0v) is 14.0. The molecule has 2 atom stereocenters. The van der Waals surface area contributed by atoms with E-state index in [0.717, 1.165) is 32.1 Å². The quantitative estimate of drug-likeness (QED) is 0.624. The summed E-state index contributed by atoms with van der Waals surface area (Å²) >= 11 is 0. The number of hydrogen-bond acceptors (Lipinski definition) is 3. The Morgan fingerprint density at radius 1 is 1.00 bits per heavy atom. The zero-order valence-electron chi connectivity index (χ0n) is 13.1. The van der Waals surface area contributed by atoms with Crippen LogP contribution in [0.15, 0.2) is 0 Å². The molecule has 0 aliphatic carbocycles. The van der Waals surface area contributed by atoms with Crippen molar-refractivity contribution in [2.24, 2.45) is 5.73 Å². The van der Waals surface area contributed by atoms with Crippen LogP contribution in [0.5, 0.6) is 0 Å². The molecule has 120 valence electrons. The van der Waals surface area contributed by atoms with Crippen molar-refractivity contribution < 1.29 is 8.42 Å². The van der Waals surface area contributed by atoms with Gasteiger partial charge in [0.05, 0.1) is 11.0 Å². The molecule has 1 aliphatic heterocycles. The summed E-state index contributed by atoms with van der Waals surface area (Å²) in [7, 11) is -2.91. The van der Waals surface area contributed by atoms with Crippen LogP contribution in [0.4, 0.5) is 0 Å². The van der Waals surface area contributed by atoms with Crippen LogP contribution in [0.1, 0.15) is 84.0 Å². The molecule has 0 amide bonds. The molecule has 0 radical (unpaired) electrons. The highest BCUT2D eigenvalue weighted by atomic mass is 32.2. The number of unbranched alkanes of at least 4 members (excludes halogenated alkanes) is 7. The van der Waals surface area contributed by atoms with E-state index >= 15 is 0 Å². The van der Waals surface area contributed by atoms with E-state index in [4.69, 9.17) is 5.73 Å². The maximum atomic E-state index is 12.0. The second-order valence-corrected chi connectivity index (χ2v) is 8.67. The summed E-state index contributed by atoms with van der Waals surface area (Å²) in [5.74, 6) is 0.350. The van der Waals surface area contributed by atoms with Crippen LogP contribution in [0.2, 0.25) is 0 Å². The molecule has 0 aromatic heterocycles. The lowest BCUT2D eigenvalue weighted by atomic mass is 10.0. The predicted molar refractivity (Wildman–Crippen MR) is 86.6 cm³/mol. The van der Waals surface area contributed by atoms with Crippen LogP contribution < -0.4 is 5.73 Å². The summed E-state index contributed by atoms with van der Waals surface area (Å²) < 4.78 is 24.0. The van der Waals surface area contributed by atoms with Gasteiger partial charge in [-0.05, 0) is 19.3 Å². The fraction of sp³-hybridized carbons (Fsp3) is 1.00. The predicted octanol–water partition coefficient (Wildman–Crippen LogP) is 3.81. The van der Waals surface area contributed by atoms with Crippen molar-refractivity contribution in [2.75, 3.05) is 5.75 Å². The lowest BCUT2D eigenvalue weighted by molar-refractivity contribution is 0.462. The molecule has 0 spiro atoms. The van der Waals surface area contributed by atoms with Gasteiger partial charge in [0, 0.05) is 6.04 Å². The minimum absolute atomic E-state index is 0.139. The molecule has 1 rings (SSSR count). The van der Waals surface area contributed by atoms with Gasteiger partial charge in [-0.25, -0.2) is 8.42 Å². The van der Waals surface area contributed by atoms with Crippen LogP contribution in [0, 0.1) is 0 Å². The molecule has 0 saturated carbocycles. The van der Waals surface area contributed by atoms with E-state index in [2.05, 4.69) is 6.92 Å². The molecular weight excluding hydrogens is 270 g/mol. The third-order valence-corrected chi connectivity index (χ3v) is 6.86. The van der Waals surface area contributed by atoms with Gasteiger partial charge in [-0.15, -0.1) is 0 Å². The van der Waals surface area contributed by atoms with Crippen molar-refractivity contribution in [3.8, 4) is 0 Å². The number of hydrogen-bond donors (Lipinski definition) is 1. The standard InChI is InChI=1S/C16H33NO2S/c1-2-3-4-5-6-7-8-9-12-15(17)16-13-10-11-14-20(16,18)19/h15-16H,2-14,17H2,1H3. The summed E-state index contributed by atoms with van der Waals surface area (Å²) in [6, 6.07) is -0.139. The Morgan fingerprint density at radius 3 is 2.20 bits per heavy atom. The van der Waals surface area contributed by atoms with Gasteiger partial charge in [-0.1, -0.05) is 64.7 Å². The smallest absolute Gasteiger partial charge is 0.154 e. The highest BCUT2D eigenvalue weighted by molar-refractivity contribution is 7.92. The van der Waals surface area contributed by atoms with Gasteiger partial charge < -0.3 is 5.73 Å². The first-order chi connectivity index (χ1) is 9.58. The minimum Gasteiger partial charge on any atom is -0.327 e. The van der Waals surface area contributed by atoms with Crippen LogP contribution in [0.3, 0.4) is 0 Å². The SMILES string of the molecule is CCCCCCCCCCC(N)C1CCCCS1(=O)=O. The Bertz CT molecular complexity index is 340. The van der Waals surface area contributed by atoms with Crippen LogP contribution >= 0.6 is 0 Å². The molecule has 1 heterocycles. The summed E-state index contributed by atoms with van der Waals surface area (Å²) in [5.41, 5.74) is 6.13. The lowest BCUT2D eigenvalue weighted by Gasteiger charge is -2.27. The van der Waals surface area contributed by atoms with Gasteiger partial charge in [-0.2, -0.15) is 0 Å². The van der Waals surface area contributed by atoms with Gasteiger partial charge >= 0.3 is 0 Å². The van der Waals surface area contributed by atoms with Crippen LogP contribution in [0.25, 0.3) is 0 Å². The van der Waals surface area contributed by atoms with Gasteiger partial charge in [-0.3, -0.25) is 0 Å². The van der Waals surface area contributed by atoms with Gasteiger partial charge in [0.1, 0.15) is 0 Å². The molecule has 3 nitrogen and oxygen atoms in total. The van der Waals surface area contributed by atoms with Gasteiger partial charge in [0.2, 0.25) is 0 Å². The van der Waals surface area contributed by atoms with Crippen molar-refractivity contribution in [3.05, 3.63) is 0 Å².